The molecule has 0 saturated heterocycles. The van der Waals surface area contributed by atoms with Gasteiger partial charge in [-0.15, -0.1) is 0 Å². The SMILES string of the molecule is COc1ccc(Cl)c(Cl)c1-c1ccn2cc(CC3CC(O)C3)nc2c1. The van der Waals surface area contributed by atoms with E-state index < -0.39 is 0 Å². The molecule has 0 atom stereocenters. The van der Waals surface area contributed by atoms with E-state index in [4.69, 9.17) is 32.9 Å². The van der Waals surface area contributed by atoms with E-state index >= 15 is 0 Å². The number of aliphatic hydroxyl groups is 1. The number of aliphatic hydroxyl groups excluding tert-OH is 1. The summed E-state index contributed by atoms with van der Waals surface area (Å²) in [4.78, 5) is 4.72. The highest BCUT2D eigenvalue weighted by Crippen LogP contribution is 2.41. The van der Waals surface area contributed by atoms with E-state index in [1.54, 1.807) is 13.2 Å². The van der Waals surface area contributed by atoms with E-state index in [1.807, 2.05) is 35.0 Å². The van der Waals surface area contributed by atoms with Crippen molar-refractivity contribution in [2.24, 2.45) is 5.92 Å². The molecule has 4 nitrogen and oxygen atoms in total. The van der Waals surface area contributed by atoms with Crippen molar-refractivity contribution in [2.45, 2.75) is 25.4 Å². The number of imidazole rings is 1. The molecule has 2 aromatic heterocycles. The zero-order chi connectivity index (χ0) is 17.6. The fourth-order valence-electron chi connectivity index (χ4n) is 3.42. The van der Waals surface area contributed by atoms with E-state index in [0.29, 0.717) is 21.7 Å². The van der Waals surface area contributed by atoms with Crippen LogP contribution in [0.3, 0.4) is 0 Å². The highest BCUT2D eigenvalue weighted by Gasteiger charge is 2.27. The Morgan fingerprint density at radius 2 is 2.08 bits per heavy atom. The number of hydrogen-bond donors (Lipinski definition) is 1. The molecule has 0 spiro atoms. The summed E-state index contributed by atoms with van der Waals surface area (Å²) < 4.78 is 7.44. The van der Waals surface area contributed by atoms with Gasteiger partial charge in [-0.3, -0.25) is 0 Å². The van der Waals surface area contributed by atoms with Crippen molar-refractivity contribution in [2.75, 3.05) is 7.11 Å². The average Bonchev–Trinajstić information content (AvgIpc) is 2.97. The number of halogens is 2. The second-order valence-electron chi connectivity index (χ2n) is 6.55. The number of nitrogens with zero attached hydrogens (tertiary/aromatic N) is 2. The van der Waals surface area contributed by atoms with E-state index in [1.165, 1.54) is 0 Å². The van der Waals surface area contributed by atoms with Crippen LogP contribution < -0.4 is 4.74 Å². The number of methoxy groups -OCH3 is 1. The van der Waals surface area contributed by atoms with Crippen molar-refractivity contribution in [3.8, 4) is 16.9 Å². The molecule has 1 aromatic carbocycles. The Kier molecular flexibility index (Phi) is 4.36. The molecule has 1 aliphatic carbocycles. The van der Waals surface area contributed by atoms with Gasteiger partial charge in [0.25, 0.3) is 0 Å². The molecule has 4 rings (SSSR count). The van der Waals surface area contributed by atoms with Gasteiger partial charge in [0, 0.05) is 18.0 Å². The molecule has 130 valence electrons. The third-order valence-electron chi connectivity index (χ3n) is 4.78. The summed E-state index contributed by atoms with van der Waals surface area (Å²) >= 11 is 12.6. The third kappa shape index (κ3) is 3.10. The highest BCUT2D eigenvalue weighted by atomic mass is 35.5. The maximum absolute atomic E-state index is 9.44. The van der Waals surface area contributed by atoms with Gasteiger partial charge in [0.1, 0.15) is 11.4 Å². The topological polar surface area (TPSA) is 46.8 Å². The Bertz CT molecular complexity index is 933. The average molecular weight is 377 g/mol. The van der Waals surface area contributed by atoms with Crippen molar-refractivity contribution in [1.29, 1.82) is 0 Å². The summed E-state index contributed by atoms with van der Waals surface area (Å²) in [6.45, 7) is 0. The number of benzene rings is 1. The third-order valence-corrected chi connectivity index (χ3v) is 5.59. The Morgan fingerprint density at radius 3 is 2.80 bits per heavy atom. The first kappa shape index (κ1) is 16.7. The second-order valence-corrected chi connectivity index (χ2v) is 7.33. The first-order chi connectivity index (χ1) is 12.0. The first-order valence-corrected chi connectivity index (χ1v) is 8.99. The van der Waals surface area contributed by atoms with Crippen LogP contribution in [0.4, 0.5) is 0 Å². The van der Waals surface area contributed by atoms with Crippen molar-refractivity contribution >= 4 is 28.8 Å². The molecule has 0 amide bonds. The molecule has 6 heteroatoms. The lowest BCUT2D eigenvalue weighted by atomic mass is 9.80. The van der Waals surface area contributed by atoms with Crippen LogP contribution in [0.15, 0.2) is 36.7 Å². The lowest BCUT2D eigenvalue weighted by Crippen LogP contribution is -2.29. The molecule has 25 heavy (non-hydrogen) atoms. The Hall–Kier alpha value is -1.75. The van der Waals surface area contributed by atoms with Crippen LogP contribution in [0.1, 0.15) is 18.5 Å². The van der Waals surface area contributed by atoms with Crippen molar-refractivity contribution in [3.05, 3.63) is 52.4 Å². The molecule has 2 heterocycles. The van der Waals surface area contributed by atoms with Crippen LogP contribution >= 0.6 is 23.2 Å². The van der Waals surface area contributed by atoms with Gasteiger partial charge < -0.3 is 14.2 Å². The first-order valence-electron chi connectivity index (χ1n) is 8.23. The number of pyridine rings is 1. The van der Waals surface area contributed by atoms with Gasteiger partial charge in [-0.2, -0.15) is 0 Å². The Morgan fingerprint density at radius 1 is 1.28 bits per heavy atom. The molecule has 1 saturated carbocycles. The molecule has 1 N–H and O–H groups in total. The van der Waals surface area contributed by atoms with Crippen LogP contribution in [0, 0.1) is 5.92 Å². The molecular formula is C19H18Cl2N2O2. The maximum atomic E-state index is 9.44. The predicted octanol–water partition coefficient (Wildman–Crippen LogP) is 4.63. The van der Waals surface area contributed by atoms with Gasteiger partial charge in [-0.25, -0.2) is 4.98 Å². The van der Waals surface area contributed by atoms with Gasteiger partial charge in [-0.05, 0) is 55.0 Å². The molecule has 0 radical (unpaired) electrons. The zero-order valence-corrected chi connectivity index (χ0v) is 15.3. The molecular weight excluding hydrogens is 359 g/mol. The quantitative estimate of drug-likeness (QED) is 0.721. The number of ether oxygens (including phenoxy) is 1. The zero-order valence-electron chi connectivity index (χ0n) is 13.7. The summed E-state index contributed by atoms with van der Waals surface area (Å²) in [6.07, 6.45) is 6.51. The van der Waals surface area contributed by atoms with E-state index in [-0.39, 0.29) is 6.10 Å². The minimum Gasteiger partial charge on any atom is -0.496 e. The van der Waals surface area contributed by atoms with E-state index in [2.05, 4.69) is 0 Å². The van der Waals surface area contributed by atoms with E-state index in [0.717, 1.165) is 41.7 Å². The van der Waals surface area contributed by atoms with Crippen molar-refractivity contribution in [3.63, 3.8) is 0 Å². The van der Waals surface area contributed by atoms with Gasteiger partial charge in [0.05, 0.1) is 29.0 Å². The summed E-state index contributed by atoms with van der Waals surface area (Å²) in [7, 11) is 1.61. The van der Waals surface area contributed by atoms with Crippen molar-refractivity contribution < 1.29 is 9.84 Å². The minimum absolute atomic E-state index is 0.133. The molecule has 1 aliphatic rings. The number of hydrogen-bond acceptors (Lipinski definition) is 3. The normalized spacial score (nSPS) is 19.8. The van der Waals surface area contributed by atoms with Gasteiger partial charge in [-0.1, -0.05) is 23.2 Å². The Balaban J connectivity index is 1.71. The lowest BCUT2D eigenvalue weighted by Gasteiger charge is -2.30. The minimum atomic E-state index is -0.133. The summed E-state index contributed by atoms with van der Waals surface area (Å²) in [5.41, 5.74) is 3.57. The van der Waals surface area contributed by atoms with Crippen LogP contribution in [0.5, 0.6) is 5.75 Å². The fourth-order valence-corrected chi connectivity index (χ4v) is 3.85. The summed E-state index contributed by atoms with van der Waals surface area (Å²) in [6, 6.07) is 7.50. The summed E-state index contributed by atoms with van der Waals surface area (Å²) in [5.74, 6) is 1.20. The second kappa shape index (κ2) is 6.52. The highest BCUT2D eigenvalue weighted by molar-refractivity contribution is 6.44. The molecule has 0 aliphatic heterocycles. The maximum Gasteiger partial charge on any atom is 0.137 e. The molecule has 0 unspecified atom stereocenters. The molecule has 3 aromatic rings. The fraction of sp³-hybridized carbons (Fsp3) is 0.316. The van der Waals surface area contributed by atoms with Gasteiger partial charge >= 0.3 is 0 Å². The molecule has 0 bridgehead atoms. The molecule has 1 fully saturated rings. The standard InChI is InChI=1S/C19H18Cl2N2O2/c1-25-16-3-2-15(20)19(21)18(16)12-4-5-23-10-13(22-17(23)9-12)6-11-7-14(24)8-11/h2-5,9-11,14,24H,6-8H2,1H3. The lowest BCUT2D eigenvalue weighted by molar-refractivity contribution is 0.0429. The van der Waals surface area contributed by atoms with Crippen LogP contribution in [0.2, 0.25) is 10.0 Å². The smallest absolute Gasteiger partial charge is 0.137 e. The van der Waals surface area contributed by atoms with Crippen LogP contribution in [0.25, 0.3) is 16.8 Å². The number of fused-ring (bicyclic) bond motifs is 1. The van der Waals surface area contributed by atoms with Gasteiger partial charge in [0.2, 0.25) is 0 Å². The number of rotatable bonds is 4. The largest absolute Gasteiger partial charge is 0.496 e. The van der Waals surface area contributed by atoms with Crippen LogP contribution in [-0.4, -0.2) is 27.7 Å². The van der Waals surface area contributed by atoms with Crippen LogP contribution in [-0.2, 0) is 6.42 Å². The van der Waals surface area contributed by atoms with Gasteiger partial charge in [0.15, 0.2) is 0 Å². The van der Waals surface area contributed by atoms with E-state index in [9.17, 15) is 5.11 Å². The monoisotopic (exact) mass is 376 g/mol. The van der Waals surface area contributed by atoms with Crippen molar-refractivity contribution in [1.82, 2.24) is 9.38 Å². The predicted molar refractivity (Wildman–Crippen MR) is 99.6 cm³/mol. The number of aromatic nitrogens is 2. The Labute approximate surface area is 156 Å². The summed E-state index contributed by atoms with van der Waals surface area (Å²) in [5, 5.41) is 10.4.